The maximum Gasteiger partial charge on any atom is 0.261 e. The first kappa shape index (κ1) is 18.7. The number of benzene rings is 1. The molecule has 0 aliphatic carbocycles. The van der Waals surface area contributed by atoms with E-state index in [0.717, 1.165) is 22.0 Å². The molecule has 0 unspecified atom stereocenters. The molecule has 0 spiro atoms. The second-order valence-corrected chi connectivity index (χ2v) is 7.94. The van der Waals surface area contributed by atoms with E-state index in [4.69, 9.17) is 11.6 Å². The van der Waals surface area contributed by atoms with Crippen LogP contribution in [0, 0.1) is 0 Å². The van der Waals surface area contributed by atoms with Gasteiger partial charge in [0.15, 0.2) is 5.82 Å². The largest absolute Gasteiger partial charge is 0.361 e. The van der Waals surface area contributed by atoms with Crippen molar-refractivity contribution in [3.8, 4) is 11.4 Å². The fourth-order valence-corrected chi connectivity index (χ4v) is 4.13. The second kappa shape index (κ2) is 7.28. The summed E-state index contributed by atoms with van der Waals surface area (Å²) in [5.74, 6) is 0.978. The van der Waals surface area contributed by atoms with Crippen molar-refractivity contribution in [2.45, 2.75) is 13.0 Å². The minimum atomic E-state index is -0.115. The van der Waals surface area contributed by atoms with E-state index < -0.39 is 0 Å². The highest BCUT2D eigenvalue weighted by atomic mass is 35.5. The summed E-state index contributed by atoms with van der Waals surface area (Å²) >= 11 is 6.15. The molecule has 0 atom stereocenters. The lowest BCUT2D eigenvalue weighted by molar-refractivity contribution is 0.676. The molecule has 0 bridgehead atoms. The molecule has 9 heteroatoms. The van der Waals surface area contributed by atoms with E-state index in [1.165, 1.54) is 0 Å². The van der Waals surface area contributed by atoms with Gasteiger partial charge in [-0.3, -0.25) is 9.78 Å². The monoisotopic (exact) mass is 441 g/mol. The number of pyridine rings is 2. The van der Waals surface area contributed by atoms with E-state index in [2.05, 4.69) is 25.0 Å². The van der Waals surface area contributed by atoms with Crippen LogP contribution in [-0.4, -0.2) is 34.1 Å². The number of nitrogens with one attached hydrogen (secondary N) is 1. The molecule has 0 aliphatic rings. The third kappa shape index (κ3) is 3.04. The van der Waals surface area contributed by atoms with Crippen molar-refractivity contribution >= 4 is 39.2 Å². The topological polar surface area (TPSA) is 93.8 Å². The van der Waals surface area contributed by atoms with Crippen LogP contribution in [-0.2, 0) is 13.0 Å². The van der Waals surface area contributed by atoms with Gasteiger partial charge in [-0.2, -0.15) is 9.50 Å². The molecule has 32 heavy (non-hydrogen) atoms. The zero-order valence-electron chi connectivity index (χ0n) is 16.7. The average Bonchev–Trinajstić information content (AvgIpc) is 3.43. The van der Waals surface area contributed by atoms with Gasteiger partial charge in [0.25, 0.3) is 11.3 Å². The summed E-state index contributed by atoms with van der Waals surface area (Å²) in [6, 6.07) is 11.3. The van der Waals surface area contributed by atoms with Gasteiger partial charge in [-0.15, -0.1) is 5.10 Å². The number of rotatable bonds is 4. The number of halogens is 1. The Morgan fingerprint density at radius 1 is 1.06 bits per heavy atom. The van der Waals surface area contributed by atoms with Crippen molar-refractivity contribution in [3.63, 3.8) is 0 Å². The van der Waals surface area contributed by atoms with Gasteiger partial charge in [0.05, 0.1) is 10.9 Å². The van der Waals surface area contributed by atoms with Gasteiger partial charge in [0.2, 0.25) is 0 Å². The van der Waals surface area contributed by atoms with Crippen molar-refractivity contribution < 1.29 is 0 Å². The molecule has 1 N–H and O–H groups in total. The van der Waals surface area contributed by atoms with E-state index in [-0.39, 0.29) is 5.56 Å². The molecule has 1 aromatic carbocycles. The third-order valence-electron chi connectivity index (χ3n) is 5.60. The maximum absolute atomic E-state index is 13.2. The van der Waals surface area contributed by atoms with Crippen molar-refractivity contribution in [3.05, 3.63) is 88.3 Å². The van der Waals surface area contributed by atoms with Gasteiger partial charge in [0, 0.05) is 59.0 Å². The van der Waals surface area contributed by atoms with Crippen LogP contribution in [0.4, 0.5) is 0 Å². The first-order chi connectivity index (χ1) is 15.7. The van der Waals surface area contributed by atoms with Crippen molar-refractivity contribution in [2.24, 2.45) is 0 Å². The highest BCUT2D eigenvalue weighted by Crippen LogP contribution is 2.23. The van der Waals surface area contributed by atoms with Crippen molar-refractivity contribution in [2.75, 3.05) is 0 Å². The van der Waals surface area contributed by atoms with E-state index in [1.807, 2.05) is 42.6 Å². The molecule has 0 radical (unpaired) electrons. The number of nitrogens with zero attached hydrogens (tertiary/aromatic N) is 6. The third-order valence-corrected chi connectivity index (χ3v) is 5.83. The lowest BCUT2D eigenvalue weighted by atomic mass is 10.1. The van der Waals surface area contributed by atoms with Crippen LogP contribution in [0.15, 0.2) is 72.2 Å². The Hall–Kier alpha value is -4.04. The van der Waals surface area contributed by atoms with Gasteiger partial charge in [0.1, 0.15) is 0 Å². The first-order valence-electron chi connectivity index (χ1n) is 10.1. The minimum absolute atomic E-state index is 0.115. The van der Waals surface area contributed by atoms with Crippen LogP contribution in [0.1, 0.15) is 5.56 Å². The molecule has 0 saturated carbocycles. The molecule has 6 aromatic rings. The summed E-state index contributed by atoms with van der Waals surface area (Å²) in [5, 5.41) is 6.82. The Morgan fingerprint density at radius 2 is 1.94 bits per heavy atom. The van der Waals surface area contributed by atoms with Crippen molar-refractivity contribution in [1.82, 2.24) is 34.1 Å². The van der Waals surface area contributed by atoms with E-state index in [1.54, 1.807) is 33.9 Å². The van der Waals surface area contributed by atoms with Gasteiger partial charge in [-0.1, -0.05) is 11.6 Å². The summed E-state index contributed by atoms with van der Waals surface area (Å²) < 4.78 is 3.30. The fourth-order valence-electron chi connectivity index (χ4n) is 3.96. The number of hydrogen-bond donors (Lipinski definition) is 1. The van der Waals surface area contributed by atoms with Crippen LogP contribution < -0.4 is 5.56 Å². The standard InChI is InChI=1S/C23H16ClN7O/c24-16-1-2-19-17(11-16)15(12-26-19)5-9-30-10-6-20-18(22(30)32)13-27-23-28-21(29-31(20)23)14-3-7-25-8-4-14/h1-4,6-8,10-13,26H,5,9H2. The molecule has 8 nitrogen and oxygen atoms in total. The zero-order chi connectivity index (χ0) is 21.7. The Bertz CT molecular complexity index is 1670. The normalized spacial score (nSPS) is 11.7. The molecule has 0 saturated heterocycles. The van der Waals surface area contributed by atoms with Crippen LogP contribution >= 0.6 is 11.6 Å². The number of hydrogen-bond acceptors (Lipinski definition) is 5. The van der Waals surface area contributed by atoms with Gasteiger partial charge >= 0.3 is 0 Å². The molecule has 0 aliphatic heterocycles. The first-order valence-corrected chi connectivity index (χ1v) is 10.5. The number of fused-ring (bicyclic) bond motifs is 4. The maximum atomic E-state index is 13.2. The summed E-state index contributed by atoms with van der Waals surface area (Å²) in [6.45, 7) is 0.534. The molecule has 6 rings (SSSR count). The van der Waals surface area contributed by atoms with Crippen LogP contribution in [0.25, 0.3) is 39.0 Å². The molecule has 0 fully saturated rings. The molecular weight excluding hydrogens is 426 g/mol. The van der Waals surface area contributed by atoms with Gasteiger partial charge < -0.3 is 9.55 Å². The number of aryl methyl sites for hydroxylation is 2. The van der Waals surface area contributed by atoms with Crippen LogP contribution in [0.3, 0.4) is 0 Å². The lowest BCUT2D eigenvalue weighted by Gasteiger charge is -2.07. The summed E-state index contributed by atoms with van der Waals surface area (Å²) in [5.41, 5.74) is 3.53. The smallest absolute Gasteiger partial charge is 0.261 e. The summed E-state index contributed by atoms with van der Waals surface area (Å²) in [7, 11) is 0. The predicted molar refractivity (Wildman–Crippen MR) is 123 cm³/mol. The van der Waals surface area contributed by atoms with Crippen molar-refractivity contribution in [1.29, 1.82) is 0 Å². The Balaban J connectivity index is 1.37. The predicted octanol–water partition coefficient (Wildman–Crippen LogP) is 3.88. The highest BCUT2D eigenvalue weighted by Gasteiger charge is 2.13. The zero-order valence-corrected chi connectivity index (χ0v) is 17.5. The molecule has 0 amide bonds. The highest BCUT2D eigenvalue weighted by molar-refractivity contribution is 6.31. The van der Waals surface area contributed by atoms with Gasteiger partial charge in [-0.25, -0.2) is 4.98 Å². The average molecular weight is 442 g/mol. The molecule has 156 valence electrons. The van der Waals surface area contributed by atoms with E-state index in [0.29, 0.717) is 40.5 Å². The number of aromatic amines is 1. The SMILES string of the molecule is O=c1c2cnc3nc(-c4ccncc4)nn3c2ccn1CCc1c[nH]c2ccc(Cl)cc12. The molecular formula is C23H16ClN7O. The molecule has 5 aromatic heterocycles. The fraction of sp³-hybridized carbons (Fsp3) is 0.0870. The van der Waals surface area contributed by atoms with E-state index in [9.17, 15) is 4.79 Å². The van der Waals surface area contributed by atoms with Crippen LogP contribution in [0.2, 0.25) is 5.02 Å². The Morgan fingerprint density at radius 3 is 2.81 bits per heavy atom. The summed E-state index contributed by atoms with van der Waals surface area (Å²) in [6.07, 6.45) is 9.39. The second-order valence-electron chi connectivity index (χ2n) is 7.51. The van der Waals surface area contributed by atoms with E-state index >= 15 is 0 Å². The number of H-pyrrole nitrogens is 1. The lowest BCUT2D eigenvalue weighted by Crippen LogP contribution is -2.21. The quantitative estimate of drug-likeness (QED) is 0.448. The van der Waals surface area contributed by atoms with Gasteiger partial charge in [-0.05, 0) is 48.4 Å². The number of aromatic nitrogens is 7. The Kier molecular flexibility index (Phi) is 4.26. The Labute approximate surface area is 186 Å². The minimum Gasteiger partial charge on any atom is -0.361 e. The molecule has 5 heterocycles. The summed E-state index contributed by atoms with van der Waals surface area (Å²) in [4.78, 5) is 29.3. The van der Waals surface area contributed by atoms with Crippen LogP contribution in [0.5, 0.6) is 0 Å².